The van der Waals surface area contributed by atoms with Crippen molar-refractivity contribution in [3.8, 4) is 17.1 Å². The van der Waals surface area contributed by atoms with Crippen LogP contribution in [-0.2, 0) is 4.79 Å². The van der Waals surface area contributed by atoms with Crippen molar-refractivity contribution in [2.45, 2.75) is 20.0 Å². The van der Waals surface area contributed by atoms with Crippen LogP contribution in [0.2, 0.25) is 0 Å². The van der Waals surface area contributed by atoms with E-state index >= 15 is 0 Å². The topological polar surface area (TPSA) is 102 Å². The predicted octanol–water partition coefficient (Wildman–Crippen LogP) is 3.08. The van der Waals surface area contributed by atoms with Crippen LogP contribution >= 0.6 is 0 Å². The lowest BCUT2D eigenvalue weighted by atomic mass is 10.2. The van der Waals surface area contributed by atoms with E-state index in [-0.39, 0.29) is 18.0 Å². The number of nitrogens with zero attached hydrogens (tertiary/aromatic N) is 3. The fourth-order valence-corrected chi connectivity index (χ4v) is 2.18. The van der Waals surface area contributed by atoms with E-state index < -0.39 is 0 Å². The summed E-state index contributed by atoms with van der Waals surface area (Å²) in [6, 6.07) is 11.1. The van der Waals surface area contributed by atoms with Crippen molar-refractivity contribution >= 4 is 18.0 Å². The molecule has 0 aliphatic carbocycles. The molecule has 3 aromatic rings. The Balaban J connectivity index is 1.54. The van der Waals surface area contributed by atoms with E-state index in [4.69, 9.17) is 9.26 Å². The second-order valence-electron chi connectivity index (χ2n) is 5.85. The zero-order valence-electron chi connectivity index (χ0n) is 14.9. The van der Waals surface area contributed by atoms with Crippen LogP contribution in [0.15, 0.2) is 59.4 Å². The van der Waals surface area contributed by atoms with Crippen LogP contribution in [0.1, 0.15) is 19.4 Å². The molecule has 0 radical (unpaired) electrons. The highest BCUT2D eigenvalue weighted by molar-refractivity contribution is 5.92. The molecule has 0 saturated carbocycles. The van der Waals surface area contributed by atoms with Crippen LogP contribution in [0.4, 0.5) is 6.01 Å². The van der Waals surface area contributed by atoms with Gasteiger partial charge < -0.3 is 9.26 Å². The number of hydrazine groups is 1. The molecule has 27 heavy (non-hydrogen) atoms. The molecule has 0 unspecified atom stereocenters. The van der Waals surface area contributed by atoms with E-state index in [2.05, 4.69) is 26.0 Å². The van der Waals surface area contributed by atoms with Crippen LogP contribution in [0.5, 0.6) is 5.75 Å². The van der Waals surface area contributed by atoms with Gasteiger partial charge in [0.1, 0.15) is 5.75 Å². The molecule has 0 saturated heterocycles. The summed E-state index contributed by atoms with van der Waals surface area (Å²) < 4.78 is 10.7. The zero-order chi connectivity index (χ0) is 19.1. The lowest BCUT2D eigenvalue weighted by Gasteiger charge is -2.09. The Morgan fingerprint density at radius 2 is 2.04 bits per heavy atom. The van der Waals surface area contributed by atoms with E-state index in [0.29, 0.717) is 5.82 Å². The summed E-state index contributed by atoms with van der Waals surface area (Å²) >= 11 is 0. The molecule has 2 heterocycles. The number of carbonyl (C=O) groups is 1. The van der Waals surface area contributed by atoms with Crippen LogP contribution in [-0.4, -0.2) is 27.1 Å². The minimum absolute atomic E-state index is 0.0795. The second kappa shape index (κ2) is 8.61. The Kier molecular flexibility index (Phi) is 5.78. The van der Waals surface area contributed by atoms with Gasteiger partial charge in [0.05, 0.1) is 6.10 Å². The SMILES string of the molecule is CC(C)Oc1cccc(/C=C/C(=O)NNc2nc(-c3ccncc3)no2)c1. The van der Waals surface area contributed by atoms with E-state index in [1.54, 1.807) is 30.6 Å². The van der Waals surface area contributed by atoms with E-state index in [9.17, 15) is 4.79 Å². The van der Waals surface area contributed by atoms with Gasteiger partial charge in [-0.25, -0.2) is 5.43 Å². The summed E-state index contributed by atoms with van der Waals surface area (Å²) in [6.07, 6.45) is 6.42. The number of ether oxygens (including phenoxy) is 1. The Hall–Kier alpha value is -3.68. The summed E-state index contributed by atoms with van der Waals surface area (Å²) in [5.74, 6) is 0.778. The average molecular weight is 365 g/mol. The Bertz CT molecular complexity index is 922. The fraction of sp³-hybridized carbons (Fsp3) is 0.158. The number of amides is 1. The molecular weight excluding hydrogens is 346 g/mol. The molecule has 8 heteroatoms. The quantitative estimate of drug-likeness (QED) is 0.490. The number of pyridine rings is 1. The van der Waals surface area contributed by atoms with Crippen molar-refractivity contribution in [1.29, 1.82) is 0 Å². The first-order chi connectivity index (χ1) is 13.1. The number of nitrogens with one attached hydrogen (secondary N) is 2. The molecule has 2 N–H and O–H groups in total. The molecule has 0 spiro atoms. The minimum atomic E-state index is -0.367. The molecule has 0 bridgehead atoms. The van der Waals surface area contributed by atoms with Crippen molar-refractivity contribution < 1.29 is 14.1 Å². The highest BCUT2D eigenvalue weighted by atomic mass is 16.5. The molecule has 0 fully saturated rings. The van der Waals surface area contributed by atoms with Gasteiger partial charge in [-0.15, -0.1) is 0 Å². The van der Waals surface area contributed by atoms with E-state index in [0.717, 1.165) is 16.9 Å². The van der Waals surface area contributed by atoms with Gasteiger partial charge in [0.25, 0.3) is 5.91 Å². The smallest absolute Gasteiger partial charge is 0.340 e. The Morgan fingerprint density at radius 3 is 2.81 bits per heavy atom. The number of aromatic nitrogens is 3. The third-order valence-electron chi connectivity index (χ3n) is 3.31. The van der Waals surface area contributed by atoms with Crippen molar-refractivity contribution in [1.82, 2.24) is 20.6 Å². The normalized spacial score (nSPS) is 10.9. The molecule has 0 atom stereocenters. The van der Waals surface area contributed by atoms with Crippen molar-refractivity contribution in [2.75, 3.05) is 5.43 Å². The predicted molar refractivity (Wildman–Crippen MR) is 101 cm³/mol. The molecule has 1 aromatic carbocycles. The van der Waals surface area contributed by atoms with E-state index in [1.165, 1.54) is 6.08 Å². The number of hydrogen-bond donors (Lipinski definition) is 2. The number of hydrogen-bond acceptors (Lipinski definition) is 7. The van der Waals surface area contributed by atoms with Crippen molar-refractivity contribution in [3.05, 3.63) is 60.4 Å². The summed E-state index contributed by atoms with van der Waals surface area (Å²) in [6.45, 7) is 3.92. The summed E-state index contributed by atoms with van der Waals surface area (Å²) in [5.41, 5.74) is 6.65. The zero-order valence-corrected chi connectivity index (χ0v) is 14.9. The fourth-order valence-electron chi connectivity index (χ4n) is 2.18. The maximum Gasteiger partial charge on any atom is 0.340 e. The number of anilines is 1. The summed E-state index contributed by atoms with van der Waals surface area (Å²) in [5, 5.41) is 3.83. The molecule has 8 nitrogen and oxygen atoms in total. The van der Waals surface area contributed by atoms with Gasteiger partial charge in [-0.1, -0.05) is 17.3 Å². The maximum absolute atomic E-state index is 11.9. The van der Waals surface area contributed by atoms with Gasteiger partial charge in [0, 0.05) is 24.0 Å². The Labute approximate surface area is 156 Å². The first-order valence-corrected chi connectivity index (χ1v) is 8.35. The molecule has 2 aromatic heterocycles. The second-order valence-corrected chi connectivity index (χ2v) is 5.85. The number of carbonyl (C=O) groups excluding carboxylic acids is 1. The molecule has 0 aliphatic rings. The maximum atomic E-state index is 11.9. The monoisotopic (exact) mass is 365 g/mol. The first-order valence-electron chi connectivity index (χ1n) is 8.35. The highest BCUT2D eigenvalue weighted by Gasteiger charge is 2.08. The van der Waals surface area contributed by atoms with Crippen LogP contribution in [0, 0.1) is 0 Å². The molecule has 0 aliphatic heterocycles. The summed E-state index contributed by atoms with van der Waals surface area (Å²) in [7, 11) is 0. The largest absolute Gasteiger partial charge is 0.491 e. The van der Waals surface area contributed by atoms with Gasteiger partial charge in [0.15, 0.2) is 0 Å². The molecular formula is C19H19N5O3. The first kappa shape index (κ1) is 18.1. The number of benzene rings is 1. The highest BCUT2D eigenvalue weighted by Crippen LogP contribution is 2.16. The van der Waals surface area contributed by atoms with Gasteiger partial charge in [-0.05, 0) is 49.8 Å². The van der Waals surface area contributed by atoms with Crippen molar-refractivity contribution in [2.24, 2.45) is 0 Å². The Morgan fingerprint density at radius 1 is 1.22 bits per heavy atom. The standard InChI is InChI=1S/C19H19N5O3/c1-13(2)26-16-5-3-4-14(12-16)6-7-17(25)22-23-19-21-18(24-27-19)15-8-10-20-11-9-15/h3-13H,1-2H3,(H,22,25)(H,21,23,24)/b7-6+. The van der Waals surface area contributed by atoms with Gasteiger partial charge in [-0.2, -0.15) is 4.98 Å². The molecule has 1 amide bonds. The minimum Gasteiger partial charge on any atom is -0.491 e. The number of rotatable bonds is 7. The van der Waals surface area contributed by atoms with E-state index in [1.807, 2.05) is 38.1 Å². The third-order valence-corrected chi connectivity index (χ3v) is 3.31. The summed E-state index contributed by atoms with van der Waals surface area (Å²) in [4.78, 5) is 20.0. The van der Waals surface area contributed by atoms with Gasteiger partial charge in [0.2, 0.25) is 5.82 Å². The lowest BCUT2D eigenvalue weighted by molar-refractivity contribution is -0.116. The molecule has 3 rings (SSSR count). The molecule has 138 valence electrons. The lowest BCUT2D eigenvalue weighted by Crippen LogP contribution is -2.27. The van der Waals surface area contributed by atoms with Crippen LogP contribution in [0.25, 0.3) is 17.5 Å². The van der Waals surface area contributed by atoms with Gasteiger partial charge in [-0.3, -0.25) is 15.2 Å². The van der Waals surface area contributed by atoms with Gasteiger partial charge >= 0.3 is 6.01 Å². The third kappa shape index (κ3) is 5.40. The van der Waals surface area contributed by atoms with Crippen LogP contribution < -0.4 is 15.6 Å². The van der Waals surface area contributed by atoms with Crippen molar-refractivity contribution in [3.63, 3.8) is 0 Å². The average Bonchev–Trinajstić information content (AvgIpc) is 3.14. The van der Waals surface area contributed by atoms with Crippen LogP contribution in [0.3, 0.4) is 0 Å².